The summed E-state index contributed by atoms with van der Waals surface area (Å²) in [7, 11) is 0. The number of rotatable bonds is 11. The smallest absolute Gasteiger partial charge is 0.189 e. The Morgan fingerprint density at radius 3 is 2.07 bits per heavy atom. The number of benzene rings is 2. The van der Waals surface area contributed by atoms with Gasteiger partial charge in [0.1, 0.15) is 18.1 Å². The minimum atomic E-state index is 0.241. The zero-order valence-electron chi connectivity index (χ0n) is 18.9. The van der Waals surface area contributed by atoms with Crippen molar-refractivity contribution in [2.24, 2.45) is 5.92 Å². The maximum atomic E-state index is 5.79. The summed E-state index contributed by atoms with van der Waals surface area (Å²) in [5.74, 6) is 3.77. The second kappa shape index (κ2) is 12.0. The van der Waals surface area contributed by atoms with Gasteiger partial charge in [-0.1, -0.05) is 64.3 Å². The Kier molecular flexibility index (Phi) is 9.07. The van der Waals surface area contributed by atoms with E-state index in [9.17, 15) is 0 Å². The van der Waals surface area contributed by atoms with Crippen LogP contribution in [0.1, 0.15) is 82.3 Å². The van der Waals surface area contributed by atoms with Crippen LogP contribution in [0, 0.1) is 5.92 Å². The van der Waals surface area contributed by atoms with E-state index < -0.39 is 0 Å². The molecule has 30 heavy (non-hydrogen) atoms. The molecule has 2 aromatic rings. The Morgan fingerprint density at radius 1 is 0.767 bits per heavy atom. The topological polar surface area (TPSA) is 27.7 Å². The molecule has 0 bridgehead atoms. The van der Waals surface area contributed by atoms with Gasteiger partial charge in [0.25, 0.3) is 0 Å². The maximum Gasteiger partial charge on any atom is 0.189 e. The molecule has 2 aromatic carbocycles. The molecule has 0 heterocycles. The normalized spacial score (nSPS) is 15.9. The lowest BCUT2D eigenvalue weighted by atomic mass is 9.84. The van der Waals surface area contributed by atoms with Crippen molar-refractivity contribution in [3.63, 3.8) is 0 Å². The van der Waals surface area contributed by atoms with Crippen LogP contribution in [0.15, 0.2) is 48.5 Å². The first-order chi connectivity index (χ1) is 14.6. The average molecular weight is 411 g/mol. The fourth-order valence-electron chi connectivity index (χ4n) is 4.39. The summed E-state index contributed by atoms with van der Waals surface area (Å²) in [4.78, 5) is 0. The van der Waals surface area contributed by atoms with Gasteiger partial charge in [0.15, 0.2) is 6.79 Å². The molecule has 3 heteroatoms. The molecule has 0 radical (unpaired) electrons. The molecule has 3 rings (SSSR count). The molecule has 0 spiro atoms. The third kappa shape index (κ3) is 7.36. The Bertz CT molecular complexity index is 715. The van der Waals surface area contributed by atoms with E-state index in [1.807, 2.05) is 12.1 Å². The maximum absolute atomic E-state index is 5.79. The summed E-state index contributed by atoms with van der Waals surface area (Å²) < 4.78 is 17.0. The molecule has 3 nitrogen and oxygen atoms in total. The first-order valence-corrected chi connectivity index (χ1v) is 11.6. The van der Waals surface area contributed by atoms with Gasteiger partial charge in [-0.25, -0.2) is 0 Å². The highest BCUT2D eigenvalue weighted by Crippen LogP contribution is 2.33. The van der Waals surface area contributed by atoms with Gasteiger partial charge < -0.3 is 14.2 Å². The summed E-state index contributed by atoms with van der Waals surface area (Å²) in [6, 6.07) is 17.0. The molecular formula is C27H38O3. The van der Waals surface area contributed by atoms with Gasteiger partial charge >= 0.3 is 0 Å². The average Bonchev–Trinajstić information content (AvgIpc) is 2.77. The number of ether oxygens (including phenoxy) is 3. The van der Waals surface area contributed by atoms with Crippen LogP contribution in [-0.4, -0.2) is 20.0 Å². The van der Waals surface area contributed by atoms with Crippen LogP contribution < -0.4 is 9.47 Å². The molecule has 1 unspecified atom stereocenters. The summed E-state index contributed by atoms with van der Waals surface area (Å²) in [5, 5.41) is 0. The standard InChI is InChI=1S/C27H38O3/c1-21(2)19-22(3)23-9-13-27(14-10-23)30-20-28-17-18-29-26-15-11-25(12-16-26)24-7-5-4-6-8-24/h9-16,21-22,24H,4-8,17-20H2,1-3H3. The van der Waals surface area contributed by atoms with Gasteiger partial charge in [-0.05, 0) is 72.4 Å². The predicted octanol–water partition coefficient (Wildman–Crippen LogP) is 7.32. The fourth-order valence-corrected chi connectivity index (χ4v) is 4.39. The SMILES string of the molecule is CC(C)CC(C)c1ccc(OCOCCOc2ccc(C3CCCCC3)cc2)cc1. The molecule has 1 aliphatic carbocycles. The van der Waals surface area contributed by atoms with Crippen LogP contribution in [0.25, 0.3) is 0 Å². The monoisotopic (exact) mass is 410 g/mol. The number of hydrogen-bond acceptors (Lipinski definition) is 3. The first kappa shape index (κ1) is 22.7. The predicted molar refractivity (Wildman–Crippen MR) is 124 cm³/mol. The van der Waals surface area contributed by atoms with Crippen molar-refractivity contribution in [1.82, 2.24) is 0 Å². The van der Waals surface area contributed by atoms with Crippen molar-refractivity contribution in [2.45, 2.75) is 71.1 Å². The Labute approximate surface area is 182 Å². The molecule has 0 saturated heterocycles. The second-order valence-electron chi connectivity index (χ2n) is 9.02. The van der Waals surface area contributed by atoms with E-state index in [1.54, 1.807) is 0 Å². The third-order valence-corrected chi connectivity index (χ3v) is 6.04. The lowest BCUT2D eigenvalue weighted by Crippen LogP contribution is -2.11. The lowest BCUT2D eigenvalue weighted by molar-refractivity contribution is 0.00245. The van der Waals surface area contributed by atoms with Crippen molar-refractivity contribution >= 4 is 0 Å². The van der Waals surface area contributed by atoms with Crippen LogP contribution in [0.3, 0.4) is 0 Å². The van der Waals surface area contributed by atoms with E-state index in [-0.39, 0.29) is 6.79 Å². The van der Waals surface area contributed by atoms with Crippen LogP contribution in [0.2, 0.25) is 0 Å². The number of hydrogen-bond donors (Lipinski definition) is 0. The van der Waals surface area contributed by atoms with Gasteiger partial charge in [-0.2, -0.15) is 0 Å². The highest BCUT2D eigenvalue weighted by Gasteiger charge is 2.15. The van der Waals surface area contributed by atoms with Crippen molar-refractivity contribution < 1.29 is 14.2 Å². The van der Waals surface area contributed by atoms with Gasteiger partial charge in [-0.3, -0.25) is 0 Å². The Morgan fingerprint density at radius 2 is 1.40 bits per heavy atom. The zero-order valence-corrected chi connectivity index (χ0v) is 18.9. The highest BCUT2D eigenvalue weighted by atomic mass is 16.7. The first-order valence-electron chi connectivity index (χ1n) is 11.6. The van der Waals surface area contributed by atoms with Gasteiger partial charge in [-0.15, -0.1) is 0 Å². The molecule has 164 valence electrons. The fraction of sp³-hybridized carbons (Fsp3) is 0.556. The van der Waals surface area contributed by atoms with E-state index in [1.165, 1.54) is 49.7 Å². The van der Waals surface area contributed by atoms with Crippen molar-refractivity contribution in [3.8, 4) is 11.5 Å². The third-order valence-electron chi connectivity index (χ3n) is 6.04. The summed E-state index contributed by atoms with van der Waals surface area (Å²) in [6.07, 6.45) is 7.98. The van der Waals surface area contributed by atoms with Crippen LogP contribution in [0.4, 0.5) is 0 Å². The summed E-state index contributed by atoms with van der Waals surface area (Å²) >= 11 is 0. The molecule has 1 saturated carbocycles. The molecule has 1 aliphatic rings. The summed E-state index contributed by atoms with van der Waals surface area (Å²) in [6.45, 7) is 8.09. The largest absolute Gasteiger partial charge is 0.491 e. The van der Waals surface area contributed by atoms with Crippen LogP contribution in [-0.2, 0) is 4.74 Å². The molecule has 1 fully saturated rings. The van der Waals surface area contributed by atoms with Gasteiger partial charge in [0, 0.05) is 0 Å². The van der Waals surface area contributed by atoms with E-state index >= 15 is 0 Å². The van der Waals surface area contributed by atoms with Crippen LogP contribution in [0.5, 0.6) is 11.5 Å². The van der Waals surface area contributed by atoms with Crippen molar-refractivity contribution in [1.29, 1.82) is 0 Å². The molecule has 0 aliphatic heterocycles. The second-order valence-corrected chi connectivity index (χ2v) is 9.02. The molecule has 1 atom stereocenters. The van der Waals surface area contributed by atoms with Crippen molar-refractivity contribution in [2.75, 3.05) is 20.0 Å². The Hall–Kier alpha value is -2.00. The van der Waals surface area contributed by atoms with Crippen LogP contribution >= 0.6 is 0 Å². The lowest BCUT2D eigenvalue weighted by Gasteiger charge is -2.22. The van der Waals surface area contributed by atoms with E-state index in [0.717, 1.165) is 17.4 Å². The zero-order chi connectivity index (χ0) is 21.2. The van der Waals surface area contributed by atoms with Gasteiger partial charge in [0.05, 0.1) is 6.61 Å². The van der Waals surface area contributed by atoms with E-state index in [4.69, 9.17) is 14.2 Å². The van der Waals surface area contributed by atoms with E-state index in [0.29, 0.717) is 25.0 Å². The van der Waals surface area contributed by atoms with Gasteiger partial charge in [0.2, 0.25) is 0 Å². The summed E-state index contributed by atoms with van der Waals surface area (Å²) in [5.41, 5.74) is 2.82. The highest BCUT2D eigenvalue weighted by molar-refractivity contribution is 5.30. The Balaban J connectivity index is 1.30. The minimum Gasteiger partial charge on any atom is -0.491 e. The molecule has 0 aromatic heterocycles. The van der Waals surface area contributed by atoms with E-state index in [2.05, 4.69) is 57.2 Å². The molecule has 0 amide bonds. The quantitative estimate of drug-likeness (QED) is 0.287. The van der Waals surface area contributed by atoms with Crippen molar-refractivity contribution in [3.05, 3.63) is 59.7 Å². The molecule has 0 N–H and O–H groups in total. The molecular weight excluding hydrogens is 372 g/mol. The minimum absolute atomic E-state index is 0.241.